The minimum Gasteiger partial charge on any atom is -0.477 e. The fourth-order valence-electron chi connectivity index (χ4n) is 2.42. The molecule has 0 fully saturated rings. The van der Waals surface area contributed by atoms with E-state index in [1.54, 1.807) is 30.3 Å². The normalized spacial score (nSPS) is 10.2. The summed E-state index contributed by atoms with van der Waals surface area (Å²) in [6.07, 6.45) is 1.46. The number of benzene rings is 2. The number of nitro benzene ring substituents is 1. The van der Waals surface area contributed by atoms with Crippen LogP contribution >= 0.6 is 0 Å². The van der Waals surface area contributed by atoms with E-state index in [4.69, 9.17) is 4.74 Å². The molecule has 9 nitrogen and oxygen atoms in total. The van der Waals surface area contributed by atoms with E-state index in [1.807, 2.05) is 13.0 Å². The molecular formula is C19H17N5O4. The Labute approximate surface area is 160 Å². The molecule has 2 N–H and O–H groups in total. The highest BCUT2D eigenvalue weighted by molar-refractivity contribution is 5.92. The number of aryl methyl sites for hydroxylation is 1. The van der Waals surface area contributed by atoms with Crippen LogP contribution in [0.4, 0.5) is 22.9 Å². The SMILES string of the molecule is Cc1cc(Nc2cccc(NC(=O)COc3ccccc3[N+](=O)[O-])c2)ncn1. The van der Waals surface area contributed by atoms with Gasteiger partial charge in [-0.1, -0.05) is 18.2 Å². The predicted molar refractivity (Wildman–Crippen MR) is 104 cm³/mol. The van der Waals surface area contributed by atoms with Crippen LogP contribution in [0.5, 0.6) is 5.75 Å². The summed E-state index contributed by atoms with van der Waals surface area (Å²) >= 11 is 0. The molecule has 0 aliphatic heterocycles. The summed E-state index contributed by atoms with van der Waals surface area (Å²) in [6.45, 7) is 1.51. The summed E-state index contributed by atoms with van der Waals surface area (Å²) in [7, 11) is 0. The molecule has 1 aromatic heterocycles. The Balaban J connectivity index is 1.61. The Morgan fingerprint density at radius 1 is 1.11 bits per heavy atom. The average Bonchev–Trinajstić information content (AvgIpc) is 2.67. The molecule has 9 heteroatoms. The van der Waals surface area contributed by atoms with E-state index in [0.717, 1.165) is 11.4 Å². The first-order valence-electron chi connectivity index (χ1n) is 8.33. The van der Waals surface area contributed by atoms with E-state index in [2.05, 4.69) is 20.6 Å². The van der Waals surface area contributed by atoms with Crippen LogP contribution in [0.2, 0.25) is 0 Å². The van der Waals surface area contributed by atoms with Gasteiger partial charge >= 0.3 is 5.69 Å². The molecule has 0 saturated heterocycles. The first kappa shape index (κ1) is 18.8. The van der Waals surface area contributed by atoms with Gasteiger partial charge in [0.15, 0.2) is 12.4 Å². The number of hydrogen-bond donors (Lipinski definition) is 2. The summed E-state index contributed by atoms with van der Waals surface area (Å²) < 4.78 is 5.29. The third-order valence-electron chi connectivity index (χ3n) is 3.64. The second-order valence-electron chi connectivity index (χ2n) is 5.81. The Morgan fingerprint density at radius 3 is 2.68 bits per heavy atom. The highest BCUT2D eigenvalue weighted by Crippen LogP contribution is 2.25. The molecule has 0 spiro atoms. The summed E-state index contributed by atoms with van der Waals surface area (Å²) in [4.78, 5) is 30.7. The molecule has 0 unspecified atom stereocenters. The summed E-state index contributed by atoms with van der Waals surface area (Å²) in [5.41, 5.74) is 1.92. The van der Waals surface area contributed by atoms with Crippen molar-refractivity contribution < 1.29 is 14.5 Å². The van der Waals surface area contributed by atoms with Crippen molar-refractivity contribution in [1.29, 1.82) is 0 Å². The average molecular weight is 379 g/mol. The molecule has 0 aliphatic carbocycles. The first-order chi connectivity index (χ1) is 13.5. The number of nitrogens with one attached hydrogen (secondary N) is 2. The summed E-state index contributed by atoms with van der Waals surface area (Å²) in [5.74, 6) is 0.237. The fraction of sp³-hybridized carbons (Fsp3) is 0.105. The number of nitro groups is 1. The molecule has 3 rings (SSSR count). The lowest BCUT2D eigenvalue weighted by Gasteiger charge is -2.10. The van der Waals surface area contributed by atoms with Crippen molar-refractivity contribution in [3.63, 3.8) is 0 Å². The van der Waals surface area contributed by atoms with Crippen LogP contribution in [0.1, 0.15) is 5.69 Å². The maximum absolute atomic E-state index is 12.1. The Kier molecular flexibility index (Phi) is 5.75. The lowest BCUT2D eigenvalue weighted by atomic mass is 10.2. The van der Waals surface area contributed by atoms with Crippen molar-refractivity contribution in [2.24, 2.45) is 0 Å². The second-order valence-corrected chi connectivity index (χ2v) is 5.81. The molecule has 0 atom stereocenters. The van der Waals surface area contributed by atoms with Crippen LogP contribution in [0.25, 0.3) is 0 Å². The number of carbonyl (C=O) groups is 1. The Morgan fingerprint density at radius 2 is 1.89 bits per heavy atom. The molecule has 0 aliphatic rings. The molecule has 2 aromatic carbocycles. The zero-order valence-corrected chi connectivity index (χ0v) is 15.0. The number of anilines is 3. The van der Waals surface area contributed by atoms with Gasteiger partial charge in [-0.2, -0.15) is 0 Å². The van der Waals surface area contributed by atoms with Gasteiger partial charge in [0.1, 0.15) is 12.1 Å². The van der Waals surface area contributed by atoms with Gasteiger partial charge in [0.25, 0.3) is 5.91 Å². The monoisotopic (exact) mass is 379 g/mol. The van der Waals surface area contributed by atoms with E-state index in [1.165, 1.54) is 24.5 Å². The van der Waals surface area contributed by atoms with Crippen molar-refractivity contribution in [2.75, 3.05) is 17.2 Å². The van der Waals surface area contributed by atoms with E-state index >= 15 is 0 Å². The minimum absolute atomic E-state index is 0.0391. The quantitative estimate of drug-likeness (QED) is 0.476. The van der Waals surface area contributed by atoms with E-state index in [9.17, 15) is 14.9 Å². The number of carbonyl (C=O) groups excluding carboxylic acids is 1. The number of ether oxygens (including phenoxy) is 1. The number of rotatable bonds is 7. The van der Waals surface area contributed by atoms with Crippen LogP contribution in [0, 0.1) is 17.0 Å². The molecule has 0 saturated carbocycles. The number of nitrogens with zero attached hydrogens (tertiary/aromatic N) is 3. The van der Waals surface area contributed by atoms with Crippen molar-refractivity contribution >= 4 is 28.8 Å². The molecule has 142 valence electrons. The zero-order chi connectivity index (χ0) is 19.9. The van der Waals surface area contributed by atoms with E-state index in [-0.39, 0.29) is 18.0 Å². The number of hydrogen-bond acceptors (Lipinski definition) is 7. The largest absolute Gasteiger partial charge is 0.477 e. The molecule has 1 heterocycles. The molecule has 28 heavy (non-hydrogen) atoms. The second kappa shape index (κ2) is 8.58. The van der Waals surface area contributed by atoms with Gasteiger partial charge in [-0.25, -0.2) is 9.97 Å². The number of aromatic nitrogens is 2. The van der Waals surface area contributed by atoms with E-state index < -0.39 is 10.8 Å². The maximum Gasteiger partial charge on any atom is 0.310 e. The topological polar surface area (TPSA) is 119 Å². The molecule has 1 amide bonds. The molecule has 0 bridgehead atoms. The fourth-order valence-corrected chi connectivity index (χ4v) is 2.42. The standard InChI is InChI=1S/C19H17N5O4/c1-13-9-18(21-12-20-13)22-14-5-4-6-15(10-14)23-19(25)11-28-17-8-3-2-7-16(17)24(26)27/h2-10,12H,11H2,1H3,(H,23,25)(H,20,21,22). The van der Waals surface area contributed by atoms with Gasteiger partial charge in [-0.15, -0.1) is 0 Å². The molecule has 3 aromatic rings. The van der Waals surface area contributed by atoms with Crippen LogP contribution in [0.3, 0.4) is 0 Å². The van der Waals surface area contributed by atoms with Crippen LogP contribution in [0.15, 0.2) is 60.9 Å². The van der Waals surface area contributed by atoms with E-state index in [0.29, 0.717) is 11.5 Å². The van der Waals surface area contributed by atoms with Crippen molar-refractivity contribution in [3.8, 4) is 5.75 Å². The lowest BCUT2D eigenvalue weighted by molar-refractivity contribution is -0.385. The number of amides is 1. The van der Waals surface area contributed by atoms with Crippen molar-refractivity contribution in [3.05, 3.63) is 76.7 Å². The zero-order valence-electron chi connectivity index (χ0n) is 15.0. The highest BCUT2D eigenvalue weighted by atomic mass is 16.6. The Bertz CT molecular complexity index is 1010. The summed E-state index contributed by atoms with van der Waals surface area (Å²) in [5, 5.41) is 16.8. The first-order valence-corrected chi connectivity index (χ1v) is 8.33. The van der Waals surface area contributed by atoms with Crippen LogP contribution < -0.4 is 15.4 Å². The molecular weight excluding hydrogens is 362 g/mol. The Hall–Kier alpha value is -4.01. The van der Waals surface area contributed by atoms with Gasteiger partial charge in [0, 0.05) is 29.2 Å². The lowest BCUT2D eigenvalue weighted by Crippen LogP contribution is -2.20. The van der Waals surface area contributed by atoms with Gasteiger partial charge in [0.2, 0.25) is 0 Å². The third-order valence-corrected chi connectivity index (χ3v) is 3.64. The van der Waals surface area contributed by atoms with Gasteiger partial charge in [-0.05, 0) is 31.2 Å². The predicted octanol–water partition coefficient (Wildman–Crippen LogP) is 3.45. The maximum atomic E-state index is 12.1. The highest BCUT2D eigenvalue weighted by Gasteiger charge is 2.15. The van der Waals surface area contributed by atoms with Crippen molar-refractivity contribution in [2.45, 2.75) is 6.92 Å². The smallest absolute Gasteiger partial charge is 0.310 e. The molecule has 0 radical (unpaired) electrons. The minimum atomic E-state index is -0.558. The van der Waals surface area contributed by atoms with Gasteiger partial charge < -0.3 is 15.4 Å². The van der Waals surface area contributed by atoms with Crippen LogP contribution in [-0.4, -0.2) is 27.4 Å². The van der Waals surface area contributed by atoms with Gasteiger partial charge in [0.05, 0.1) is 4.92 Å². The van der Waals surface area contributed by atoms with Gasteiger partial charge in [-0.3, -0.25) is 14.9 Å². The third kappa shape index (κ3) is 5.01. The summed E-state index contributed by atoms with van der Waals surface area (Å²) in [6, 6.07) is 14.8. The van der Waals surface area contributed by atoms with Crippen LogP contribution in [-0.2, 0) is 4.79 Å². The van der Waals surface area contributed by atoms with Crippen molar-refractivity contribution in [1.82, 2.24) is 9.97 Å². The number of para-hydroxylation sites is 2.